The summed E-state index contributed by atoms with van der Waals surface area (Å²) in [5.41, 5.74) is 1.09. The number of ether oxygens (including phenoxy) is 1. The summed E-state index contributed by atoms with van der Waals surface area (Å²) in [4.78, 5) is 2.44. The van der Waals surface area contributed by atoms with Gasteiger partial charge in [0.15, 0.2) is 0 Å². The molecule has 1 heterocycles. The Morgan fingerprint density at radius 1 is 1.37 bits per heavy atom. The molecule has 1 fully saturated rings. The quantitative estimate of drug-likeness (QED) is 0.922. The van der Waals surface area contributed by atoms with Crippen molar-refractivity contribution in [2.75, 3.05) is 33.3 Å². The zero-order valence-corrected chi connectivity index (χ0v) is 12.3. The van der Waals surface area contributed by atoms with E-state index in [1.54, 1.807) is 7.11 Å². The first-order valence-electron chi connectivity index (χ1n) is 6.54. The van der Waals surface area contributed by atoms with E-state index in [2.05, 4.69) is 17.1 Å². The van der Waals surface area contributed by atoms with Gasteiger partial charge in [-0.2, -0.15) is 0 Å². The van der Waals surface area contributed by atoms with Gasteiger partial charge in [0.2, 0.25) is 0 Å². The molecule has 1 atom stereocenters. The van der Waals surface area contributed by atoms with Gasteiger partial charge >= 0.3 is 0 Å². The molecule has 0 radical (unpaired) electrons. The van der Waals surface area contributed by atoms with Crippen LogP contribution in [-0.4, -0.2) is 38.2 Å². The van der Waals surface area contributed by atoms with E-state index in [-0.39, 0.29) is 18.2 Å². The predicted octanol–water partition coefficient (Wildman–Crippen LogP) is 2.61. The molecule has 0 spiro atoms. The number of benzene rings is 1. The number of methoxy groups -OCH3 is 1. The summed E-state index contributed by atoms with van der Waals surface area (Å²) in [6, 6.07) is 5.15. The van der Waals surface area contributed by atoms with Crippen LogP contribution in [0.25, 0.3) is 0 Å². The molecule has 1 N–H and O–H groups in total. The number of hydrogen-bond donors (Lipinski definition) is 1. The van der Waals surface area contributed by atoms with Gasteiger partial charge in [-0.05, 0) is 12.5 Å². The minimum absolute atomic E-state index is 0. The van der Waals surface area contributed by atoms with Gasteiger partial charge in [0.1, 0.15) is 11.6 Å². The molecule has 1 aromatic rings. The van der Waals surface area contributed by atoms with Crippen LogP contribution in [0.1, 0.15) is 24.9 Å². The maximum Gasteiger partial charge on any atom is 0.126 e. The first-order valence-corrected chi connectivity index (χ1v) is 6.54. The normalized spacial score (nSPS) is 17.6. The molecule has 108 valence electrons. The van der Waals surface area contributed by atoms with E-state index >= 15 is 0 Å². The Morgan fingerprint density at radius 2 is 2.05 bits per heavy atom. The predicted molar refractivity (Wildman–Crippen MR) is 77.7 cm³/mol. The van der Waals surface area contributed by atoms with Crippen LogP contribution in [0.5, 0.6) is 5.75 Å². The number of nitrogens with one attached hydrogen (secondary N) is 1. The van der Waals surface area contributed by atoms with Crippen LogP contribution in [0.2, 0.25) is 0 Å². The topological polar surface area (TPSA) is 24.5 Å². The number of hydrogen-bond acceptors (Lipinski definition) is 3. The molecule has 0 aromatic heterocycles. The van der Waals surface area contributed by atoms with Crippen molar-refractivity contribution in [3.8, 4) is 5.75 Å². The Morgan fingerprint density at radius 3 is 2.63 bits per heavy atom. The van der Waals surface area contributed by atoms with E-state index in [1.165, 1.54) is 12.1 Å². The van der Waals surface area contributed by atoms with Gasteiger partial charge in [-0.1, -0.05) is 13.0 Å². The van der Waals surface area contributed by atoms with Crippen LogP contribution in [0, 0.1) is 5.82 Å². The zero-order valence-electron chi connectivity index (χ0n) is 11.5. The van der Waals surface area contributed by atoms with Gasteiger partial charge in [0.05, 0.1) is 7.11 Å². The average Bonchev–Trinajstić information content (AvgIpc) is 2.42. The van der Waals surface area contributed by atoms with Crippen LogP contribution in [0.3, 0.4) is 0 Å². The third kappa shape index (κ3) is 3.81. The molecule has 1 aromatic carbocycles. The van der Waals surface area contributed by atoms with E-state index in [0.29, 0.717) is 11.8 Å². The molecule has 2 rings (SSSR count). The van der Waals surface area contributed by atoms with Crippen molar-refractivity contribution in [3.63, 3.8) is 0 Å². The first-order chi connectivity index (χ1) is 8.76. The summed E-state index contributed by atoms with van der Waals surface area (Å²) >= 11 is 0. The van der Waals surface area contributed by atoms with Crippen LogP contribution >= 0.6 is 12.4 Å². The molecule has 1 saturated heterocycles. The van der Waals surface area contributed by atoms with Gasteiger partial charge in [-0.25, -0.2) is 4.39 Å². The van der Waals surface area contributed by atoms with E-state index < -0.39 is 0 Å². The van der Waals surface area contributed by atoms with Crippen LogP contribution in [0.4, 0.5) is 4.39 Å². The summed E-state index contributed by atoms with van der Waals surface area (Å²) in [7, 11) is 1.60. The summed E-state index contributed by atoms with van der Waals surface area (Å²) in [6.45, 7) is 6.24. The van der Waals surface area contributed by atoms with E-state index in [1.807, 2.05) is 6.07 Å². The maximum atomic E-state index is 13.2. The minimum Gasteiger partial charge on any atom is -0.496 e. The fraction of sp³-hybridized carbons (Fsp3) is 0.571. The molecule has 5 heteroatoms. The molecule has 1 aliphatic heterocycles. The Kier molecular flexibility index (Phi) is 6.55. The smallest absolute Gasteiger partial charge is 0.126 e. The molecule has 19 heavy (non-hydrogen) atoms. The van der Waals surface area contributed by atoms with Crippen LogP contribution in [0.15, 0.2) is 18.2 Å². The fourth-order valence-corrected chi connectivity index (χ4v) is 2.63. The number of nitrogens with zero attached hydrogens (tertiary/aromatic N) is 1. The molecular formula is C14H22ClFN2O. The number of halogens is 2. The van der Waals surface area contributed by atoms with Crippen molar-refractivity contribution in [1.82, 2.24) is 10.2 Å². The van der Waals surface area contributed by atoms with Crippen LogP contribution in [-0.2, 0) is 0 Å². The molecule has 0 unspecified atom stereocenters. The van der Waals surface area contributed by atoms with Crippen molar-refractivity contribution in [3.05, 3.63) is 29.6 Å². The summed E-state index contributed by atoms with van der Waals surface area (Å²) in [5.74, 6) is 0.408. The molecule has 0 aliphatic carbocycles. The van der Waals surface area contributed by atoms with Gasteiger partial charge in [-0.15, -0.1) is 12.4 Å². The minimum atomic E-state index is -0.245. The van der Waals surface area contributed by atoms with Crippen molar-refractivity contribution in [2.45, 2.75) is 19.4 Å². The highest BCUT2D eigenvalue weighted by Crippen LogP contribution is 2.32. The second kappa shape index (κ2) is 7.68. The maximum absolute atomic E-state index is 13.2. The summed E-state index contributed by atoms with van der Waals surface area (Å²) in [5, 5.41) is 3.35. The molecule has 1 aliphatic rings. The van der Waals surface area contributed by atoms with Gasteiger partial charge in [-0.3, -0.25) is 4.90 Å². The van der Waals surface area contributed by atoms with E-state index in [9.17, 15) is 4.39 Å². The zero-order chi connectivity index (χ0) is 13.0. The van der Waals surface area contributed by atoms with Gasteiger partial charge < -0.3 is 10.1 Å². The lowest BCUT2D eigenvalue weighted by Crippen LogP contribution is -2.45. The molecule has 3 nitrogen and oxygen atoms in total. The monoisotopic (exact) mass is 288 g/mol. The Balaban J connectivity index is 0.00000180. The van der Waals surface area contributed by atoms with E-state index in [0.717, 1.165) is 38.2 Å². The Labute approximate surface area is 120 Å². The Bertz CT molecular complexity index is 397. The van der Waals surface area contributed by atoms with Gasteiger partial charge in [0.25, 0.3) is 0 Å². The fourth-order valence-electron chi connectivity index (χ4n) is 2.63. The number of piperazine rings is 1. The Hall–Kier alpha value is -0.840. The lowest BCUT2D eigenvalue weighted by molar-refractivity contribution is 0.166. The second-order valence-corrected chi connectivity index (χ2v) is 4.60. The lowest BCUT2D eigenvalue weighted by Gasteiger charge is -2.35. The lowest BCUT2D eigenvalue weighted by atomic mass is 10.0. The molecule has 0 saturated carbocycles. The SMILES string of the molecule is CC[C@@H](c1ccc(F)cc1OC)N1CCNCC1.Cl. The van der Waals surface area contributed by atoms with Crippen LogP contribution < -0.4 is 10.1 Å². The molecular weight excluding hydrogens is 267 g/mol. The molecule has 0 bridgehead atoms. The van der Waals surface area contributed by atoms with Crippen molar-refractivity contribution < 1.29 is 9.13 Å². The third-order valence-electron chi connectivity index (χ3n) is 3.53. The standard InChI is InChI=1S/C14H21FN2O.ClH/c1-3-13(17-8-6-16-7-9-17)12-5-4-11(15)10-14(12)18-2;/h4-5,10,13,16H,3,6-9H2,1-2H3;1H/t13-;/m0./s1. The highest BCUT2D eigenvalue weighted by atomic mass is 35.5. The van der Waals surface area contributed by atoms with Crippen molar-refractivity contribution in [2.24, 2.45) is 0 Å². The third-order valence-corrected chi connectivity index (χ3v) is 3.53. The molecule has 0 amide bonds. The van der Waals surface area contributed by atoms with E-state index in [4.69, 9.17) is 4.74 Å². The first kappa shape index (κ1) is 16.2. The summed E-state index contributed by atoms with van der Waals surface area (Å²) in [6.07, 6.45) is 1.00. The average molecular weight is 289 g/mol. The van der Waals surface area contributed by atoms with Gasteiger partial charge in [0, 0.05) is 43.9 Å². The highest BCUT2D eigenvalue weighted by Gasteiger charge is 2.23. The second-order valence-electron chi connectivity index (χ2n) is 4.60. The van der Waals surface area contributed by atoms with Crippen molar-refractivity contribution >= 4 is 12.4 Å². The van der Waals surface area contributed by atoms with Crippen molar-refractivity contribution in [1.29, 1.82) is 0 Å². The summed E-state index contributed by atoms with van der Waals surface area (Å²) < 4.78 is 18.6. The largest absolute Gasteiger partial charge is 0.496 e. The number of rotatable bonds is 4. The highest BCUT2D eigenvalue weighted by molar-refractivity contribution is 5.85.